The third-order valence-corrected chi connectivity index (χ3v) is 2.65. The first-order valence-corrected chi connectivity index (χ1v) is 5.01. The van der Waals surface area contributed by atoms with Gasteiger partial charge in [0, 0.05) is 12.6 Å². The van der Waals surface area contributed by atoms with Crippen LogP contribution in [-0.4, -0.2) is 40.9 Å². The number of nitrogens with one attached hydrogen (secondary N) is 1. The first-order valence-electron chi connectivity index (χ1n) is 5.01. The maximum absolute atomic E-state index is 10.4. The Labute approximate surface area is 83.3 Å². The highest BCUT2D eigenvalue weighted by atomic mass is 16.4. The van der Waals surface area contributed by atoms with Crippen LogP contribution in [0, 0.1) is 0 Å². The molecule has 0 amide bonds. The molecule has 0 aromatic heterocycles. The van der Waals surface area contributed by atoms with E-state index in [0.29, 0.717) is 0 Å². The van der Waals surface area contributed by atoms with Crippen molar-refractivity contribution in [3.8, 4) is 0 Å². The van der Waals surface area contributed by atoms with Gasteiger partial charge < -0.3 is 21.3 Å². The van der Waals surface area contributed by atoms with Gasteiger partial charge in [-0.25, -0.2) is 0 Å². The number of aliphatic hydroxyl groups is 1. The van der Waals surface area contributed by atoms with Crippen LogP contribution < -0.4 is 11.1 Å². The molecule has 5 nitrogen and oxygen atoms in total. The Morgan fingerprint density at radius 2 is 2.14 bits per heavy atom. The smallest absolute Gasteiger partial charge is 0.321 e. The minimum Gasteiger partial charge on any atom is -0.480 e. The zero-order valence-electron chi connectivity index (χ0n) is 8.15. The average Bonchev–Trinajstić information content (AvgIpc) is 2.16. The highest BCUT2D eigenvalue weighted by molar-refractivity contribution is 5.73. The molecule has 1 aliphatic carbocycles. The van der Waals surface area contributed by atoms with E-state index in [2.05, 4.69) is 5.32 Å². The lowest BCUT2D eigenvalue weighted by molar-refractivity contribution is -0.138. The van der Waals surface area contributed by atoms with Crippen LogP contribution in [0.25, 0.3) is 0 Å². The molecule has 82 valence electrons. The van der Waals surface area contributed by atoms with E-state index in [1.807, 2.05) is 0 Å². The molecule has 0 saturated heterocycles. The highest BCUT2D eigenvalue weighted by Crippen LogP contribution is 2.17. The fourth-order valence-electron chi connectivity index (χ4n) is 1.72. The van der Waals surface area contributed by atoms with Crippen molar-refractivity contribution in [1.29, 1.82) is 0 Å². The molecule has 0 radical (unpaired) electrons. The minimum atomic E-state index is -1.01. The highest BCUT2D eigenvalue weighted by Gasteiger charge is 2.23. The van der Waals surface area contributed by atoms with Gasteiger partial charge in [-0.3, -0.25) is 4.79 Å². The van der Waals surface area contributed by atoms with Crippen molar-refractivity contribution in [2.24, 2.45) is 5.73 Å². The van der Waals surface area contributed by atoms with Crippen LogP contribution >= 0.6 is 0 Å². The second-order valence-corrected chi connectivity index (χ2v) is 3.81. The molecule has 3 atom stereocenters. The molecule has 3 unspecified atom stereocenters. The molecule has 5 N–H and O–H groups in total. The van der Waals surface area contributed by atoms with Crippen LogP contribution in [0.5, 0.6) is 0 Å². The molecule has 1 rings (SSSR count). The number of hydrogen-bond donors (Lipinski definition) is 4. The Bertz CT molecular complexity index is 198. The van der Waals surface area contributed by atoms with Crippen molar-refractivity contribution in [2.75, 3.05) is 6.54 Å². The maximum atomic E-state index is 10.4. The molecule has 1 fully saturated rings. The largest absolute Gasteiger partial charge is 0.480 e. The third kappa shape index (κ3) is 3.25. The van der Waals surface area contributed by atoms with Gasteiger partial charge in [0.2, 0.25) is 0 Å². The van der Waals surface area contributed by atoms with Gasteiger partial charge in [-0.1, -0.05) is 12.8 Å². The molecule has 0 aliphatic heterocycles. The summed E-state index contributed by atoms with van der Waals surface area (Å²) in [5, 5.41) is 21.1. The monoisotopic (exact) mass is 202 g/mol. The van der Waals surface area contributed by atoms with Gasteiger partial charge in [0.05, 0.1) is 6.10 Å². The van der Waals surface area contributed by atoms with E-state index in [1.54, 1.807) is 0 Å². The molecule has 0 spiro atoms. The van der Waals surface area contributed by atoms with Crippen molar-refractivity contribution in [2.45, 2.75) is 43.9 Å². The normalized spacial score (nSPS) is 29.9. The lowest BCUT2D eigenvalue weighted by atomic mass is 9.92. The molecule has 0 aromatic carbocycles. The Morgan fingerprint density at radius 1 is 1.50 bits per heavy atom. The summed E-state index contributed by atoms with van der Waals surface area (Å²) in [6, 6.07) is -0.877. The Balaban J connectivity index is 2.25. The standard InChI is InChI=1S/C9H18N2O3/c10-6(9(13)14)5-11-7-3-1-2-4-8(7)12/h6-8,11-12H,1-5,10H2,(H,13,14). The van der Waals surface area contributed by atoms with E-state index >= 15 is 0 Å². The predicted molar refractivity (Wildman–Crippen MR) is 51.9 cm³/mol. The van der Waals surface area contributed by atoms with E-state index in [9.17, 15) is 9.90 Å². The van der Waals surface area contributed by atoms with E-state index < -0.39 is 12.0 Å². The van der Waals surface area contributed by atoms with Crippen LogP contribution in [0.2, 0.25) is 0 Å². The Hall–Kier alpha value is -0.650. The summed E-state index contributed by atoms with van der Waals surface area (Å²) in [6.45, 7) is 0.219. The van der Waals surface area contributed by atoms with E-state index in [4.69, 9.17) is 10.8 Å². The van der Waals surface area contributed by atoms with Gasteiger partial charge in [0.1, 0.15) is 6.04 Å². The van der Waals surface area contributed by atoms with Gasteiger partial charge in [-0.05, 0) is 12.8 Å². The number of carboxylic acids is 1. The number of carbonyl (C=O) groups is 1. The van der Waals surface area contributed by atoms with Crippen molar-refractivity contribution in [3.63, 3.8) is 0 Å². The van der Waals surface area contributed by atoms with E-state index in [-0.39, 0.29) is 18.7 Å². The zero-order chi connectivity index (χ0) is 10.6. The SMILES string of the molecule is NC(CNC1CCCCC1O)C(=O)O. The van der Waals surface area contributed by atoms with Crippen LogP contribution in [0.3, 0.4) is 0 Å². The van der Waals surface area contributed by atoms with Gasteiger partial charge >= 0.3 is 5.97 Å². The Morgan fingerprint density at radius 3 is 2.71 bits per heavy atom. The van der Waals surface area contributed by atoms with Crippen LogP contribution in [-0.2, 0) is 4.79 Å². The lowest BCUT2D eigenvalue weighted by Gasteiger charge is -2.28. The molecular weight excluding hydrogens is 184 g/mol. The maximum Gasteiger partial charge on any atom is 0.321 e. The number of aliphatic hydroxyl groups excluding tert-OH is 1. The molecule has 5 heteroatoms. The average molecular weight is 202 g/mol. The topological polar surface area (TPSA) is 95.6 Å². The van der Waals surface area contributed by atoms with Gasteiger partial charge in [0.25, 0.3) is 0 Å². The minimum absolute atomic E-state index is 0.00847. The molecule has 1 aliphatic rings. The summed E-state index contributed by atoms with van der Waals surface area (Å²) in [4.78, 5) is 10.4. The molecule has 0 bridgehead atoms. The van der Waals surface area contributed by atoms with Crippen molar-refractivity contribution >= 4 is 5.97 Å². The predicted octanol–water partition coefficient (Wildman–Crippen LogP) is -0.709. The summed E-state index contributed by atoms with van der Waals surface area (Å²) in [5.41, 5.74) is 5.34. The second-order valence-electron chi connectivity index (χ2n) is 3.81. The summed E-state index contributed by atoms with van der Waals surface area (Å²) in [6.07, 6.45) is 3.46. The van der Waals surface area contributed by atoms with E-state index in [1.165, 1.54) is 0 Å². The number of carboxylic acid groups (broad SMARTS) is 1. The quantitative estimate of drug-likeness (QED) is 0.483. The van der Waals surface area contributed by atoms with Crippen molar-refractivity contribution in [3.05, 3.63) is 0 Å². The Kier molecular flexibility index (Phi) is 4.31. The fraction of sp³-hybridized carbons (Fsp3) is 0.889. The van der Waals surface area contributed by atoms with E-state index in [0.717, 1.165) is 25.7 Å². The third-order valence-electron chi connectivity index (χ3n) is 2.65. The first-order chi connectivity index (χ1) is 6.61. The summed E-state index contributed by atoms with van der Waals surface area (Å²) in [7, 11) is 0. The summed E-state index contributed by atoms with van der Waals surface area (Å²) < 4.78 is 0. The molecule has 14 heavy (non-hydrogen) atoms. The number of rotatable bonds is 4. The van der Waals surface area contributed by atoms with Gasteiger partial charge in [-0.15, -0.1) is 0 Å². The van der Waals surface area contributed by atoms with Gasteiger partial charge in [0.15, 0.2) is 0 Å². The fourth-order valence-corrected chi connectivity index (χ4v) is 1.72. The van der Waals surface area contributed by atoms with Crippen LogP contribution in [0.15, 0.2) is 0 Å². The van der Waals surface area contributed by atoms with Crippen molar-refractivity contribution < 1.29 is 15.0 Å². The molecule has 0 aromatic rings. The summed E-state index contributed by atoms with van der Waals surface area (Å²) >= 11 is 0. The molecule has 1 saturated carbocycles. The second kappa shape index (κ2) is 5.29. The molecular formula is C9H18N2O3. The van der Waals surface area contributed by atoms with Crippen LogP contribution in [0.1, 0.15) is 25.7 Å². The zero-order valence-corrected chi connectivity index (χ0v) is 8.15. The van der Waals surface area contributed by atoms with Crippen LogP contribution in [0.4, 0.5) is 0 Å². The number of nitrogens with two attached hydrogens (primary N) is 1. The summed E-state index contributed by atoms with van der Waals surface area (Å²) in [5.74, 6) is -1.01. The molecule has 0 heterocycles. The number of aliphatic carboxylic acids is 1. The van der Waals surface area contributed by atoms with Crippen molar-refractivity contribution in [1.82, 2.24) is 5.32 Å². The first kappa shape index (κ1) is 11.4. The lowest BCUT2D eigenvalue weighted by Crippen LogP contribution is -2.49. The number of hydrogen-bond acceptors (Lipinski definition) is 4. The van der Waals surface area contributed by atoms with Gasteiger partial charge in [-0.2, -0.15) is 0 Å².